The number of aromatic nitrogens is 1. The quantitative estimate of drug-likeness (QED) is 0.851. The molecule has 0 fully saturated rings. The molecule has 3 nitrogen and oxygen atoms in total. The van der Waals surface area contributed by atoms with Gasteiger partial charge < -0.3 is 10.5 Å². The fourth-order valence-corrected chi connectivity index (χ4v) is 1.21. The van der Waals surface area contributed by atoms with E-state index in [1.54, 1.807) is 13.0 Å². The predicted molar refractivity (Wildman–Crippen MR) is 61.0 cm³/mol. The lowest BCUT2D eigenvalue weighted by Crippen LogP contribution is -2.31. The molecule has 1 aromatic rings. The number of hydrogen-bond acceptors (Lipinski definition) is 3. The van der Waals surface area contributed by atoms with Gasteiger partial charge in [0.05, 0.1) is 0 Å². The van der Waals surface area contributed by atoms with Gasteiger partial charge in [0.1, 0.15) is 4.99 Å². The molecule has 0 saturated carbocycles. The number of aryl methyl sites for hydroxylation is 1. The Morgan fingerprint density at radius 2 is 2.06 bits per heavy atom. The number of nitrogens with two attached hydrogens (primary N) is 1. The number of ether oxygens (including phenoxy) is 1. The highest BCUT2D eigenvalue weighted by molar-refractivity contribution is 7.80. The van der Waals surface area contributed by atoms with Gasteiger partial charge in [0.25, 0.3) is 0 Å². The third-order valence-corrected chi connectivity index (χ3v) is 2.21. The Morgan fingerprint density at radius 3 is 2.53 bits per heavy atom. The van der Waals surface area contributed by atoms with Crippen molar-refractivity contribution in [3.8, 4) is 5.88 Å². The molecule has 94 valence electrons. The van der Waals surface area contributed by atoms with Crippen molar-refractivity contribution in [3.63, 3.8) is 0 Å². The summed E-state index contributed by atoms with van der Waals surface area (Å²) in [5.41, 5.74) is 6.31. The minimum atomic E-state index is -4.44. The Morgan fingerprint density at radius 1 is 1.47 bits per heavy atom. The zero-order chi connectivity index (χ0) is 13.2. The minimum absolute atomic E-state index is 0.0833. The van der Waals surface area contributed by atoms with Crippen molar-refractivity contribution in [2.24, 2.45) is 5.73 Å². The summed E-state index contributed by atoms with van der Waals surface area (Å²) in [5.74, 6) is -0.141. The maximum absolute atomic E-state index is 12.3. The summed E-state index contributed by atoms with van der Waals surface area (Å²) in [6, 6.07) is 2.87. The molecule has 1 atom stereocenters. The number of rotatable bonds is 3. The van der Waals surface area contributed by atoms with Crippen LogP contribution in [0.4, 0.5) is 13.2 Å². The van der Waals surface area contributed by atoms with Gasteiger partial charge in [-0.1, -0.05) is 12.2 Å². The molecule has 0 aliphatic heterocycles. The Hall–Kier alpha value is -1.37. The molecule has 0 aliphatic carbocycles. The lowest BCUT2D eigenvalue weighted by molar-refractivity contribution is -0.190. The Kier molecular flexibility index (Phi) is 3.92. The molecule has 1 unspecified atom stereocenters. The van der Waals surface area contributed by atoms with E-state index in [0.717, 1.165) is 6.92 Å². The van der Waals surface area contributed by atoms with Crippen LogP contribution in [0.25, 0.3) is 0 Å². The zero-order valence-electron chi connectivity index (χ0n) is 9.21. The second-order valence-electron chi connectivity index (χ2n) is 3.50. The summed E-state index contributed by atoms with van der Waals surface area (Å²) in [6.07, 6.45) is -6.37. The van der Waals surface area contributed by atoms with Crippen LogP contribution >= 0.6 is 12.2 Å². The summed E-state index contributed by atoms with van der Waals surface area (Å²) in [4.78, 5) is 3.92. The van der Waals surface area contributed by atoms with E-state index in [1.807, 2.05) is 0 Å². The summed E-state index contributed by atoms with van der Waals surface area (Å²) in [7, 11) is 0. The summed E-state index contributed by atoms with van der Waals surface area (Å²) in [6.45, 7) is 2.53. The van der Waals surface area contributed by atoms with E-state index in [0.29, 0.717) is 11.3 Å². The van der Waals surface area contributed by atoms with Crippen molar-refractivity contribution < 1.29 is 17.9 Å². The predicted octanol–water partition coefficient (Wildman–Crippen LogP) is 2.35. The SMILES string of the molecule is Cc1cc(C(N)=S)cc(OC(C)C(F)(F)F)n1. The van der Waals surface area contributed by atoms with Gasteiger partial charge in [0.2, 0.25) is 5.88 Å². The number of thiocarbonyl (C=S) groups is 1. The van der Waals surface area contributed by atoms with E-state index >= 15 is 0 Å². The molecule has 0 radical (unpaired) electrons. The van der Waals surface area contributed by atoms with E-state index in [1.165, 1.54) is 6.07 Å². The van der Waals surface area contributed by atoms with Crippen LogP contribution in [0, 0.1) is 6.92 Å². The van der Waals surface area contributed by atoms with Gasteiger partial charge in [-0.25, -0.2) is 4.98 Å². The largest absolute Gasteiger partial charge is 0.465 e. The molecule has 0 saturated heterocycles. The lowest BCUT2D eigenvalue weighted by Gasteiger charge is -2.17. The molecule has 17 heavy (non-hydrogen) atoms. The monoisotopic (exact) mass is 264 g/mol. The zero-order valence-corrected chi connectivity index (χ0v) is 10.0. The first kappa shape index (κ1) is 13.7. The highest BCUT2D eigenvalue weighted by Crippen LogP contribution is 2.24. The molecule has 0 spiro atoms. The van der Waals surface area contributed by atoms with Gasteiger partial charge in [-0.3, -0.25) is 0 Å². The molecular formula is C10H11F3N2OS. The average Bonchev–Trinajstić information content (AvgIpc) is 2.14. The Labute approximate surface area is 102 Å². The molecule has 0 amide bonds. The number of hydrogen-bond donors (Lipinski definition) is 1. The van der Waals surface area contributed by atoms with Crippen molar-refractivity contribution in [1.29, 1.82) is 0 Å². The maximum atomic E-state index is 12.3. The lowest BCUT2D eigenvalue weighted by atomic mass is 10.2. The molecular weight excluding hydrogens is 253 g/mol. The van der Waals surface area contributed by atoms with Crippen molar-refractivity contribution in [1.82, 2.24) is 4.98 Å². The molecule has 1 heterocycles. The molecule has 1 rings (SSSR count). The maximum Gasteiger partial charge on any atom is 0.425 e. The van der Waals surface area contributed by atoms with Crippen LogP contribution < -0.4 is 10.5 Å². The summed E-state index contributed by atoms with van der Waals surface area (Å²) in [5, 5.41) is 0. The van der Waals surface area contributed by atoms with Crippen molar-refractivity contribution in [2.75, 3.05) is 0 Å². The van der Waals surface area contributed by atoms with E-state index in [-0.39, 0.29) is 10.9 Å². The van der Waals surface area contributed by atoms with Crippen LogP contribution in [0.15, 0.2) is 12.1 Å². The van der Waals surface area contributed by atoms with Gasteiger partial charge in [0, 0.05) is 17.3 Å². The number of alkyl halides is 3. The topological polar surface area (TPSA) is 48.1 Å². The van der Waals surface area contributed by atoms with Gasteiger partial charge in [-0.2, -0.15) is 13.2 Å². The number of nitrogens with zero attached hydrogens (tertiary/aromatic N) is 1. The van der Waals surface area contributed by atoms with Gasteiger partial charge in [-0.05, 0) is 19.9 Å². The molecule has 0 bridgehead atoms. The minimum Gasteiger partial charge on any atom is -0.465 e. The Balaban J connectivity index is 2.96. The first-order chi connectivity index (χ1) is 7.70. The third-order valence-electron chi connectivity index (χ3n) is 1.97. The van der Waals surface area contributed by atoms with Crippen LogP contribution in [-0.4, -0.2) is 22.3 Å². The molecule has 1 aromatic heterocycles. The van der Waals surface area contributed by atoms with Crippen molar-refractivity contribution >= 4 is 17.2 Å². The molecule has 0 aliphatic rings. The van der Waals surface area contributed by atoms with Crippen LogP contribution in [0.1, 0.15) is 18.2 Å². The van der Waals surface area contributed by atoms with Crippen molar-refractivity contribution in [2.45, 2.75) is 26.1 Å². The van der Waals surface area contributed by atoms with E-state index in [4.69, 9.17) is 22.7 Å². The smallest absolute Gasteiger partial charge is 0.425 e. The molecule has 2 N–H and O–H groups in total. The summed E-state index contributed by atoms with van der Waals surface area (Å²) >= 11 is 4.74. The second-order valence-corrected chi connectivity index (χ2v) is 3.94. The highest BCUT2D eigenvalue weighted by Gasteiger charge is 2.38. The van der Waals surface area contributed by atoms with E-state index in [9.17, 15) is 13.2 Å². The fraction of sp³-hybridized carbons (Fsp3) is 0.400. The fourth-order valence-electron chi connectivity index (χ4n) is 1.09. The standard InChI is InChI=1S/C10H11F3N2OS/c1-5-3-7(9(14)17)4-8(15-5)16-6(2)10(11,12)13/h3-4,6H,1-2H3,(H2,14,17). The van der Waals surface area contributed by atoms with E-state index in [2.05, 4.69) is 4.98 Å². The van der Waals surface area contributed by atoms with Gasteiger partial charge in [-0.15, -0.1) is 0 Å². The van der Waals surface area contributed by atoms with Crippen LogP contribution in [0.5, 0.6) is 5.88 Å². The van der Waals surface area contributed by atoms with Crippen molar-refractivity contribution in [3.05, 3.63) is 23.4 Å². The number of pyridine rings is 1. The van der Waals surface area contributed by atoms with Crippen LogP contribution in [0.2, 0.25) is 0 Å². The van der Waals surface area contributed by atoms with Crippen LogP contribution in [-0.2, 0) is 0 Å². The third kappa shape index (κ3) is 3.85. The Bertz CT molecular complexity index is 434. The van der Waals surface area contributed by atoms with Crippen LogP contribution in [0.3, 0.4) is 0 Å². The highest BCUT2D eigenvalue weighted by atomic mass is 32.1. The number of halogens is 3. The molecule has 7 heteroatoms. The van der Waals surface area contributed by atoms with Gasteiger partial charge in [0.15, 0.2) is 6.10 Å². The van der Waals surface area contributed by atoms with E-state index < -0.39 is 12.3 Å². The van der Waals surface area contributed by atoms with Gasteiger partial charge >= 0.3 is 6.18 Å². The first-order valence-corrected chi connectivity index (χ1v) is 5.13. The normalized spacial score (nSPS) is 13.2. The summed E-state index contributed by atoms with van der Waals surface area (Å²) < 4.78 is 41.6. The second kappa shape index (κ2) is 4.87. The first-order valence-electron chi connectivity index (χ1n) is 4.72. The molecule has 0 aromatic carbocycles. The average molecular weight is 264 g/mol.